The van der Waals surface area contributed by atoms with Crippen molar-refractivity contribution in [1.82, 2.24) is 4.90 Å². The van der Waals surface area contributed by atoms with E-state index in [-0.39, 0.29) is 37.1 Å². The Hall–Kier alpha value is -2.89. The molecule has 1 N–H and O–H groups in total. The molecule has 26 heavy (non-hydrogen) atoms. The topological polar surface area (TPSA) is 58.6 Å². The van der Waals surface area contributed by atoms with Crippen LogP contribution in [0.5, 0.6) is 5.75 Å². The zero-order valence-corrected chi connectivity index (χ0v) is 15.2. The minimum absolute atomic E-state index is 0.102. The maximum Gasteiger partial charge on any atom is 0.226 e. The molecule has 138 valence electrons. The predicted octanol–water partition coefficient (Wildman–Crippen LogP) is 3.52. The number of nitrogens with one attached hydrogen (secondary N) is 1. The zero-order valence-electron chi connectivity index (χ0n) is 15.2. The van der Waals surface area contributed by atoms with Gasteiger partial charge in [-0.15, -0.1) is 0 Å². The summed E-state index contributed by atoms with van der Waals surface area (Å²) in [7, 11) is 1.53. The molecule has 0 radical (unpaired) electrons. The molecule has 0 aliphatic heterocycles. The molecular weight excluding hydrogens is 335 g/mol. The van der Waals surface area contributed by atoms with E-state index in [0.717, 1.165) is 5.56 Å². The summed E-state index contributed by atoms with van der Waals surface area (Å²) in [5, 5.41) is 2.80. The molecule has 2 aromatic rings. The molecule has 0 aromatic heterocycles. The van der Waals surface area contributed by atoms with Crippen LogP contribution in [0.15, 0.2) is 42.5 Å². The van der Waals surface area contributed by atoms with Crippen molar-refractivity contribution < 1.29 is 18.7 Å². The fraction of sp³-hybridized carbons (Fsp3) is 0.300. The maximum atomic E-state index is 13.8. The third-order valence-corrected chi connectivity index (χ3v) is 4.00. The van der Waals surface area contributed by atoms with Gasteiger partial charge < -0.3 is 15.0 Å². The van der Waals surface area contributed by atoms with Gasteiger partial charge in [-0.3, -0.25) is 9.59 Å². The summed E-state index contributed by atoms with van der Waals surface area (Å²) in [6.07, 6.45) is 0.102. The molecule has 5 nitrogen and oxygen atoms in total. The van der Waals surface area contributed by atoms with Crippen molar-refractivity contribution in [2.45, 2.75) is 26.8 Å². The van der Waals surface area contributed by atoms with Crippen LogP contribution in [-0.2, 0) is 16.1 Å². The Morgan fingerprint density at radius 3 is 2.58 bits per heavy atom. The standard InChI is InChI=1S/C20H23FN2O3/c1-14-8-9-19(26-3)18(12-14)22-20(25)10-11-23(15(2)24)13-16-6-4-5-7-17(16)21/h4-9,12H,10-11,13H2,1-3H3,(H,22,25). The van der Waals surface area contributed by atoms with Crippen molar-refractivity contribution in [1.29, 1.82) is 0 Å². The van der Waals surface area contributed by atoms with E-state index >= 15 is 0 Å². The number of nitrogens with zero attached hydrogens (tertiary/aromatic N) is 1. The molecule has 0 aliphatic rings. The van der Waals surface area contributed by atoms with Crippen LogP contribution in [0.2, 0.25) is 0 Å². The van der Waals surface area contributed by atoms with E-state index in [1.807, 2.05) is 19.1 Å². The summed E-state index contributed by atoms with van der Waals surface area (Å²) in [5.74, 6) is -0.255. The van der Waals surface area contributed by atoms with Gasteiger partial charge in [0.2, 0.25) is 11.8 Å². The molecule has 0 unspecified atom stereocenters. The van der Waals surface area contributed by atoms with Crippen LogP contribution in [0.3, 0.4) is 0 Å². The number of ether oxygens (including phenoxy) is 1. The van der Waals surface area contributed by atoms with E-state index < -0.39 is 0 Å². The van der Waals surface area contributed by atoms with Crippen LogP contribution in [-0.4, -0.2) is 30.4 Å². The molecule has 0 spiro atoms. The summed E-state index contributed by atoms with van der Waals surface area (Å²) < 4.78 is 19.0. The van der Waals surface area contributed by atoms with Crippen molar-refractivity contribution >= 4 is 17.5 Å². The van der Waals surface area contributed by atoms with E-state index in [0.29, 0.717) is 17.0 Å². The number of halogens is 1. The van der Waals surface area contributed by atoms with Crippen molar-refractivity contribution in [3.8, 4) is 5.75 Å². The number of aryl methyl sites for hydroxylation is 1. The largest absolute Gasteiger partial charge is 0.495 e. The lowest BCUT2D eigenvalue weighted by Gasteiger charge is -2.21. The van der Waals surface area contributed by atoms with Crippen LogP contribution in [0.1, 0.15) is 24.5 Å². The van der Waals surface area contributed by atoms with Gasteiger partial charge in [0.1, 0.15) is 11.6 Å². The lowest BCUT2D eigenvalue weighted by atomic mass is 10.2. The van der Waals surface area contributed by atoms with Gasteiger partial charge in [0.25, 0.3) is 0 Å². The molecule has 0 fully saturated rings. The summed E-state index contributed by atoms with van der Waals surface area (Å²) in [6, 6.07) is 11.8. The van der Waals surface area contributed by atoms with E-state index in [9.17, 15) is 14.0 Å². The Kier molecular flexibility index (Phi) is 6.72. The molecule has 2 aromatic carbocycles. The second kappa shape index (κ2) is 8.99. The maximum absolute atomic E-state index is 13.8. The van der Waals surface area contributed by atoms with Crippen LogP contribution in [0.25, 0.3) is 0 Å². The summed E-state index contributed by atoms with van der Waals surface area (Å²) >= 11 is 0. The number of benzene rings is 2. The Balaban J connectivity index is 1.98. The van der Waals surface area contributed by atoms with Gasteiger partial charge >= 0.3 is 0 Å². The number of carbonyl (C=O) groups excluding carboxylic acids is 2. The van der Waals surface area contributed by atoms with Crippen LogP contribution in [0.4, 0.5) is 10.1 Å². The van der Waals surface area contributed by atoms with Gasteiger partial charge in [-0.2, -0.15) is 0 Å². The minimum atomic E-state index is -0.368. The second-order valence-corrected chi connectivity index (χ2v) is 6.03. The van der Waals surface area contributed by atoms with Crippen molar-refractivity contribution in [2.24, 2.45) is 0 Å². The molecule has 0 bridgehead atoms. The average molecular weight is 358 g/mol. The monoisotopic (exact) mass is 358 g/mol. The first-order valence-corrected chi connectivity index (χ1v) is 8.34. The molecule has 0 heterocycles. The van der Waals surface area contributed by atoms with E-state index in [1.54, 1.807) is 24.3 Å². The first-order chi connectivity index (χ1) is 12.4. The van der Waals surface area contributed by atoms with Crippen LogP contribution < -0.4 is 10.1 Å². The van der Waals surface area contributed by atoms with Crippen molar-refractivity contribution in [2.75, 3.05) is 19.0 Å². The minimum Gasteiger partial charge on any atom is -0.495 e. The highest BCUT2D eigenvalue weighted by atomic mass is 19.1. The van der Waals surface area contributed by atoms with Crippen molar-refractivity contribution in [3.63, 3.8) is 0 Å². The highest BCUT2D eigenvalue weighted by Gasteiger charge is 2.15. The lowest BCUT2D eigenvalue weighted by Crippen LogP contribution is -2.32. The Labute approximate surface area is 152 Å². The van der Waals surface area contributed by atoms with Gasteiger partial charge in [0.15, 0.2) is 0 Å². The highest BCUT2D eigenvalue weighted by Crippen LogP contribution is 2.25. The highest BCUT2D eigenvalue weighted by molar-refractivity contribution is 5.92. The molecule has 0 aliphatic carbocycles. The fourth-order valence-corrected chi connectivity index (χ4v) is 2.55. The quantitative estimate of drug-likeness (QED) is 0.824. The first kappa shape index (κ1) is 19.4. The lowest BCUT2D eigenvalue weighted by molar-refractivity contribution is -0.130. The predicted molar refractivity (Wildman–Crippen MR) is 98.5 cm³/mol. The van der Waals surface area contributed by atoms with E-state index in [4.69, 9.17) is 4.74 Å². The number of hydrogen-bond acceptors (Lipinski definition) is 3. The molecule has 6 heteroatoms. The molecule has 2 amide bonds. The fourth-order valence-electron chi connectivity index (χ4n) is 2.55. The summed E-state index contributed by atoms with van der Waals surface area (Å²) in [4.78, 5) is 25.5. The smallest absolute Gasteiger partial charge is 0.226 e. The van der Waals surface area contributed by atoms with Gasteiger partial charge in [0, 0.05) is 32.0 Å². The number of carbonyl (C=O) groups is 2. The van der Waals surface area contributed by atoms with E-state index in [1.165, 1.54) is 25.0 Å². The third-order valence-electron chi connectivity index (χ3n) is 4.00. The first-order valence-electron chi connectivity index (χ1n) is 8.34. The Bertz CT molecular complexity index is 792. The number of amides is 2. The third kappa shape index (κ3) is 5.31. The molecule has 0 saturated heterocycles. The average Bonchev–Trinajstić information content (AvgIpc) is 2.60. The van der Waals surface area contributed by atoms with Gasteiger partial charge in [0.05, 0.1) is 12.8 Å². The van der Waals surface area contributed by atoms with Gasteiger partial charge in [-0.05, 0) is 30.7 Å². The number of anilines is 1. The van der Waals surface area contributed by atoms with Crippen LogP contribution >= 0.6 is 0 Å². The zero-order chi connectivity index (χ0) is 19.1. The molecule has 2 rings (SSSR count). The summed E-state index contributed by atoms with van der Waals surface area (Å²) in [6.45, 7) is 3.65. The Morgan fingerprint density at radius 2 is 1.92 bits per heavy atom. The molecule has 0 atom stereocenters. The second-order valence-electron chi connectivity index (χ2n) is 6.03. The molecule has 0 saturated carbocycles. The Morgan fingerprint density at radius 1 is 1.19 bits per heavy atom. The summed E-state index contributed by atoms with van der Waals surface area (Å²) in [5.41, 5.74) is 2.00. The number of hydrogen-bond donors (Lipinski definition) is 1. The van der Waals surface area contributed by atoms with Gasteiger partial charge in [-0.25, -0.2) is 4.39 Å². The number of rotatable bonds is 7. The molecular formula is C20H23FN2O3. The van der Waals surface area contributed by atoms with Crippen LogP contribution in [0, 0.1) is 12.7 Å². The van der Waals surface area contributed by atoms with Gasteiger partial charge in [-0.1, -0.05) is 24.3 Å². The van der Waals surface area contributed by atoms with Crippen molar-refractivity contribution in [3.05, 3.63) is 59.4 Å². The van der Waals surface area contributed by atoms with E-state index in [2.05, 4.69) is 5.32 Å². The number of methoxy groups -OCH3 is 1. The normalized spacial score (nSPS) is 10.3. The SMILES string of the molecule is COc1ccc(C)cc1NC(=O)CCN(Cc1ccccc1F)C(C)=O.